The Morgan fingerprint density at radius 1 is 1.17 bits per heavy atom. The fourth-order valence-corrected chi connectivity index (χ4v) is 3.35. The molecule has 1 aromatic heterocycles. The number of nitrogens with zero attached hydrogens (tertiary/aromatic N) is 2. The summed E-state index contributed by atoms with van der Waals surface area (Å²) in [6, 6.07) is 16.1. The van der Waals surface area contributed by atoms with Crippen LogP contribution in [-0.4, -0.2) is 9.78 Å². The predicted molar refractivity (Wildman–Crippen MR) is 90.1 cm³/mol. The van der Waals surface area contributed by atoms with E-state index in [0.29, 0.717) is 0 Å². The van der Waals surface area contributed by atoms with E-state index in [0.717, 1.165) is 11.3 Å². The Labute approximate surface area is 150 Å². The summed E-state index contributed by atoms with van der Waals surface area (Å²) < 4.78 is 1.86. The minimum atomic E-state index is -0.0271. The summed E-state index contributed by atoms with van der Waals surface area (Å²) in [4.78, 5) is 0. The molecule has 1 radical (unpaired) electrons. The zero-order valence-electron chi connectivity index (χ0n) is 13.1. The van der Waals surface area contributed by atoms with Crippen LogP contribution >= 0.6 is 0 Å². The number of aromatic nitrogens is 2. The van der Waals surface area contributed by atoms with Crippen LogP contribution in [0.5, 0.6) is 0 Å². The van der Waals surface area contributed by atoms with Gasteiger partial charge in [-0.3, -0.25) is 4.68 Å². The van der Waals surface area contributed by atoms with Crippen LogP contribution in [0.25, 0.3) is 22.9 Å². The molecule has 1 heterocycles. The predicted octanol–water partition coefficient (Wildman–Crippen LogP) is 4.62. The SMILES string of the molecule is C=Cc1ccc2c(c1)C(C)(C)c1cc(-n3cccn3)[c-]cc1-2.[Ir]. The Bertz CT molecular complexity index is 877. The van der Waals surface area contributed by atoms with Crippen LogP contribution < -0.4 is 0 Å². The van der Waals surface area contributed by atoms with E-state index in [-0.39, 0.29) is 25.5 Å². The fraction of sp³-hybridized carbons (Fsp3) is 0.150. The van der Waals surface area contributed by atoms with Gasteiger partial charge in [-0.15, -0.1) is 17.2 Å². The molecule has 0 bridgehead atoms. The number of fused-ring (bicyclic) bond motifs is 3. The van der Waals surface area contributed by atoms with E-state index >= 15 is 0 Å². The van der Waals surface area contributed by atoms with Crippen LogP contribution in [0.4, 0.5) is 0 Å². The third kappa shape index (κ3) is 2.32. The first-order chi connectivity index (χ1) is 10.6. The van der Waals surface area contributed by atoms with Crippen LogP contribution in [0.3, 0.4) is 0 Å². The van der Waals surface area contributed by atoms with E-state index in [9.17, 15) is 0 Å². The van der Waals surface area contributed by atoms with E-state index in [1.54, 1.807) is 6.20 Å². The molecule has 0 saturated heterocycles. The molecule has 0 unspecified atom stereocenters. The Hall–Kier alpha value is -1.96. The zero-order valence-corrected chi connectivity index (χ0v) is 15.5. The molecule has 0 aliphatic heterocycles. The van der Waals surface area contributed by atoms with Crippen molar-refractivity contribution in [3.8, 4) is 16.8 Å². The standard InChI is InChI=1S/C20H17N2.Ir/c1-4-14-6-8-16-17-9-7-15(22-11-5-10-21-22)13-19(17)20(2,3)18(16)12-14;/h4-6,8-13H,1H2,2-3H3;/q-1;. The van der Waals surface area contributed by atoms with Crippen LogP contribution in [0.1, 0.15) is 30.5 Å². The molecule has 3 aromatic rings. The quantitative estimate of drug-likeness (QED) is 0.493. The summed E-state index contributed by atoms with van der Waals surface area (Å²) in [7, 11) is 0. The van der Waals surface area contributed by atoms with Gasteiger partial charge in [0.05, 0.1) is 0 Å². The summed E-state index contributed by atoms with van der Waals surface area (Å²) in [5, 5.41) is 4.31. The van der Waals surface area contributed by atoms with Crippen LogP contribution in [0, 0.1) is 6.07 Å². The normalized spacial score (nSPS) is 13.8. The van der Waals surface area contributed by atoms with Gasteiger partial charge in [-0.05, 0) is 28.3 Å². The number of benzene rings is 2. The van der Waals surface area contributed by atoms with E-state index < -0.39 is 0 Å². The Balaban J connectivity index is 0.00000156. The van der Waals surface area contributed by atoms with Gasteiger partial charge in [-0.1, -0.05) is 50.3 Å². The first kappa shape index (κ1) is 15.9. The van der Waals surface area contributed by atoms with Crippen molar-refractivity contribution in [2.75, 3.05) is 0 Å². The smallest absolute Gasteiger partial charge is 0.0493 e. The molecule has 0 spiro atoms. The topological polar surface area (TPSA) is 17.8 Å². The molecule has 0 atom stereocenters. The molecule has 1 aliphatic carbocycles. The van der Waals surface area contributed by atoms with Crippen molar-refractivity contribution in [1.29, 1.82) is 0 Å². The van der Waals surface area contributed by atoms with E-state index in [1.807, 2.05) is 23.0 Å². The van der Waals surface area contributed by atoms with Gasteiger partial charge in [0.2, 0.25) is 0 Å². The minimum Gasteiger partial charge on any atom is -0.266 e. The molecular formula is C20H17IrN2-. The number of hydrogen-bond acceptors (Lipinski definition) is 1. The molecule has 2 aromatic carbocycles. The van der Waals surface area contributed by atoms with Gasteiger partial charge >= 0.3 is 0 Å². The van der Waals surface area contributed by atoms with Gasteiger partial charge in [0.1, 0.15) is 0 Å². The van der Waals surface area contributed by atoms with E-state index in [1.165, 1.54) is 22.3 Å². The van der Waals surface area contributed by atoms with Crippen molar-refractivity contribution < 1.29 is 20.1 Å². The molecule has 0 fully saturated rings. The van der Waals surface area contributed by atoms with Crippen molar-refractivity contribution in [2.24, 2.45) is 0 Å². The second-order valence-electron chi connectivity index (χ2n) is 6.23. The molecule has 0 N–H and O–H groups in total. The maximum atomic E-state index is 4.31. The van der Waals surface area contributed by atoms with E-state index in [4.69, 9.17) is 0 Å². The minimum absolute atomic E-state index is 0. The molecule has 4 rings (SSSR count). The molecule has 1 aliphatic rings. The average molecular weight is 478 g/mol. The summed E-state index contributed by atoms with van der Waals surface area (Å²) in [5.74, 6) is 0. The second kappa shape index (κ2) is 5.59. The summed E-state index contributed by atoms with van der Waals surface area (Å²) >= 11 is 0. The monoisotopic (exact) mass is 478 g/mol. The largest absolute Gasteiger partial charge is 0.266 e. The van der Waals surface area contributed by atoms with Crippen LogP contribution in [0.15, 0.2) is 55.4 Å². The van der Waals surface area contributed by atoms with Gasteiger partial charge in [0, 0.05) is 32.5 Å². The Kier molecular flexibility index (Phi) is 3.87. The molecule has 23 heavy (non-hydrogen) atoms. The Morgan fingerprint density at radius 3 is 2.65 bits per heavy atom. The Morgan fingerprint density at radius 2 is 1.96 bits per heavy atom. The fourth-order valence-electron chi connectivity index (χ4n) is 3.35. The van der Waals surface area contributed by atoms with Gasteiger partial charge < -0.3 is 0 Å². The molecule has 0 saturated carbocycles. The molecular weight excluding hydrogens is 460 g/mol. The molecule has 117 valence electrons. The van der Waals surface area contributed by atoms with Crippen molar-refractivity contribution in [2.45, 2.75) is 19.3 Å². The summed E-state index contributed by atoms with van der Waals surface area (Å²) in [6.45, 7) is 8.43. The first-order valence-corrected chi connectivity index (χ1v) is 7.45. The van der Waals surface area contributed by atoms with Gasteiger partial charge in [-0.2, -0.15) is 17.2 Å². The van der Waals surface area contributed by atoms with Crippen molar-refractivity contribution in [3.63, 3.8) is 0 Å². The van der Waals surface area contributed by atoms with Crippen LogP contribution in [0.2, 0.25) is 0 Å². The van der Waals surface area contributed by atoms with Crippen molar-refractivity contribution in [3.05, 3.63) is 78.1 Å². The molecule has 3 heteroatoms. The number of hydrogen-bond donors (Lipinski definition) is 0. The maximum absolute atomic E-state index is 4.31. The second-order valence-corrected chi connectivity index (χ2v) is 6.23. The third-order valence-corrected chi connectivity index (χ3v) is 4.60. The molecule has 0 amide bonds. The number of rotatable bonds is 2. The van der Waals surface area contributed by atoms with Gasteiger partial charge in [0.25, 0.3) is 0 Å². The summed E-state index contributed by atoms with van der Waals surface area (Å²) in [5.41, 5.74) is 7.37. The van der Waals surface area contributed by atoms with Crippen molar-refractivity contribution in [1.82, 2.24) is 9.78 Å². The van der Waals surface area contributed by atoms with Crippen LogP contribution in [-0.2, 0) is 25.5 Å². The first-order valence-electron chi connectivity index (χ1n) is 7.45. The van der Waals surface area contributed by atoms with E-state index in [2.05, 4.69) is 61.9 Å². The average Bonchev–Trinajstić information content (AvgIpc) is 3.14. The third-order valence-electron chi connectivity index (χ3n) is 4.60. The summed E-state index contributed by atoms with van der Waals surface area (Å²) in [6.07, 6.45) is 5.64. The van der Waals surface area contributed by atoms with Gasteiger partial charge in [-0.25, -0.2) is 0 Å². The zero-order chi connectivity index (χ0) is 15.3. The molecule has 2 nitrogen and oxygen atoms in total. The van der Waals surface area contributed by atoms with Gasteiger partial charge in [0.15, 0.2) is 0 Å². The van der Waals surface area contributed by atoms with Crippen molar-refractivity contribution >= 4 is 6.08 Å². The maximum Gasteiger partial charge on any atom is 0.0493 e.